The Morgan fingerprint density at radius 2 is 1.20 bits per heavy atom. The lowest BCUT2D eigenvalue weighted by Crippen LogP contribution is -2.26. The Morgan fingerprint density at radius 1 is 0.689 bits per heavy atom. The van der Waals surface area contributed by atoms with E-state index in [1.54, 1.807) is 12.1 Å². The maximum atomic E-state index is 12.7. The molecule has 244 valence electrons. The maximum Gasteiger partial charge on any atom is 0.341 e. The molecule has 2 aromatic rings. The Kier molecular flexibility index (Phi) is 13.5. The highest BCUT2D eigenvalue weighted by molar-refractivity contribution is 5.90. The first kappa shape index (κ1) is 34.6. The lowest BCUT2D eigenvalue weighted by Gasteiger charge is -2.38. The second kappa shape index (κ2) is 17.5. The highest BCUT2D eigenvalue weighted by Gasteiger charge is 2.30. The van der Waals surface area contributed by atoms with Crippen molar-refractivity contribution in [2.24, 2.45) is 23.7 Å². The molecule has 2 fully saturated rings. The molecule has 0 unspecified atom stereocenters. The van der Waals surface area contributed by atoms with Gasteiger partial charge in [0.2, 0.25) is 0 Å². The number of carbonyl (C=O) groups is 2. The lowest BCUT2D eigenvalue weighted by molar-refractivity contribution is -0.131. The van der Waals surface area contributed by atoms with Crippen molar-refractivity contribution in [2.45, 2.75) is 84.0 Å². The van der Waals surface area contributed by atoms with Gasteiger partial charge in [-0.2, -0.15) is 0 Å². The van der Waals surface area contributed by atoms with Crippen LogP contribution in [-0.4, -0.2) is 39.4 Å². The van der Waals surface area contributed by atoms with E-state index >= 15 is 0 Å². The van der Waals surface area contributed by atoms with Gasteiger partial charge < -0.3 is 18.9 Å². The molecule has 2 aromatic carbocycles. The maximum absolute atomic E-state index is 12.7. The molecule has 0 bridgehead atoms. The lowest BCUT2D eigenvalue weighted by atomic mass is 9.68. The van der Waals surface area contributed by atoms with E-state index in [1.807, 2.05) is 24.3 Å². The van der Waals surface area contributed by atoms with Crippen molar-refractivity contribution in [1.29, 1.82) is 0 Å². The molecule has 0 N–H and O–H groups in total. The van der Waals surface area contributed by atoms with E-state index in [-0.39, 0.29) is 24.4 Å². The van der Waals surface area contributed by atoms with E-state index in [1.165, 1.54) is 78.4 Å². The molecule has 0 amide bonds. The van der Waals surface area contributed by atoms with Crippen molar-refractivity contribution in [1.82, 2.24) is 0 Å². The first-order valence-corrected chi connectivity index (χ1v) is 16.8. The molecule has 0 radical (unpaired) electrons. The number of hydrogen-bond acceptors (Lipinski definition) is 6. The molecule has 45 heavy (non-hydrogen) atoms. The minimum Gasteiger partial charge on any atom is -0.423 e. The predicted octanol–water partition coefficient (Wildman–Crippen LogP) is 8.92. The fraction of sp³-hybridized carbons (Fsp3) is 0.538. The van der Waals surface area contributed by atoms with Gasteiger partial charge in [-0.3, -0.25) is 0 Å². The molecule has 0 saturated heterocycles. The van der Waals surface area contributed by atoms with Gasteiger partial charge in [-0.05, 0) is 103 Å². The Bertz CT molecular complexity index is 1280. The number of esters is 2. The number of rotatable bonds is 15. The third kappa shape index (κ3) is 10.1. The molecule has 2 saturated carbocycles. The zero-order valence-electron chi connectivity index (χ0n) is 27.6. The Hall–Kier alpha value is -3.22. The van der Waals surface area contributed by atoms with Gasteiger partial charge in [0, 0.05) is 14.2 Å². The molecule has 0 aliphatic heterocycles. The standard InChI is InChI=1S/C39H52O6/c1-6-7-29-8-13-31(14-9-29)32-15-10-30(11-16-32)12-17-35-24-34(20-23-37(35)45-39(41)28(3)26-43-5)33-18-21-36(22-19-33)44-38(40)27(2)25-42-4/h18-24,29-32H,2-3,6-17,25-26H2,1,4-5H3. The second-order valence-electron chi connectivity index (χ2n) is 13.1. The quantitative estimate of drug-likeness (QED) is 0.113. The van der Waals surface area contributed by atoms with Crippen LogP contribution in [-0.2, 0) is 25.5 Å². The van der Waals surface area contributed by atoms with Gasteiger partial charge in [0.1, 0.15) is 11.5 Å². The van der Waals surface area contributed by atoms with Gasteiger partial charge in [0.15, 0.2) is 0 Å². The van der Waals surface area contributed by atoms with Gasteiger partial charge >= 0.3 is 11.9 Å². The first-order chi connectivity index (χ1) is 21.8. The number of hydrogen-bond donors (Lipinski definition) is 0. The fourth-order valence-electron chi connectivity index (χ4n) is 7.25. The van der Waals surface area contributed by atoms with Crippen LogP contribution in [0.5, 0.6) is 11.5 Å². The van der Waals surface area contributed by atoms with Crippen LogP contribution in [0.4, 0.5) is 0 Å². The molecule has 2 aliphatic carbocycles. The van der Waals surface area contributed by atoms with Crippen LogP contribution in [0, 0.1) is 23.7 Å². The summed E-state index contributed by atoms with van der Waals surface area (Å²) in [4.78, 5) is 24.9. The largest absolute Gasteiger partial charge is 0.423 e. The van der Waals surface area contributed by atoms with E-state index in [2.05, 4.69) is 26.1 Å². The van der Waals surface area contributed by atoms with Gasteiger partial charge in [0.05, 0.1) is 24.4 Å². The Balaban J connectivity index is 1.40. The van der Waals surface area contributed by atoms with Crippen LogP contribution in [0.2, 0.25) is 0 Å². The average molecular weight is 617 g/mol. The number of aryl methyl sites for hydroxylation is 1. The summed E-state index contributed by atoms with van der Waals surface area (Å²) in [5.41, 5.74) is 3.53. The summed E-state index contributed by atoms with van der Waals surface area (Å²) in [6, 6.07) is 13.3. The molecular weight excluding hydrogens is 564 g/mol. The van der Waals surface area contributed by atoms with E-state index < -0.39 is 11.9 Å². The average Bonchev–Trinajstić information content (AvgIpc) is 3.05. The third-order valence-corrected chi connectivity index (χ3v) is 9.84. The molecule has 6 heteroatoms. The SMILES string of the molecule is C=C(COC)C(=O)Oc1ccc(-c2ccc(OC(=O)C(=C)COC)c(CCC3CCC(C4CCC(CCC)CC4)CC3)c2)cc1. The van der Waals surface area contributed by atoms with Crippen LogP contribution >= 0.6 is 0 Å². The number of benzene rings is 2. The fourth-order valence-corrected chi connectivity index (χ4v) is 7.25. The van der Waals surface area contributed by atoms with E-state index in [9.17, 15) is 9.59 Å². The molecule has 0 heterocycles. The summed E-state index contributed by atoms with van der Waals surface area (Å²) >= 11 is 0. The molecule has 4 rings (SSSR count). The van der Waals surface area contributed by atoms with Crippen molar-refractivity contribution in [3.8, 4) is 22.6 Å². The zero-order chi connectivity index (χ0) is 32.2. The molecule has 0 spiro atoms. The molecule has 0 atom stereocenters. The van der Waals surface area contributed by atoms with Crippen LogP contribution in [0.3, 0.4) is 0 Å². The second-order valence-corrected chi connectivity index (χ2v) is 13.1. The van der Waals surface area contributed by atoms with Gasteiger partial charge in [-0.15, -0.1) is 0 Å². The van der Waals surface area contributed by atoms with Crippen LogP contribution in [0.25, 0.3) is 11.1 Å². The van der Waals surface area contributed by atoms with Gasteiger partial charge in [-0.25, -0.2) is 9.59 Å². The minimum atomic E-state index is -0.512. The normalized spacial score (nSPS) is 21.6. The van der Waals surface area contributed by atoms with Crippen molar-refractivity contribution >= 4 is 11.9 Å². The zero-order valence-corrected chi connectivity index (χ0v) is 27.6. The first-order valence-electron chi connectivity index (χ1n) is 16.8. The van der Waals surface area contributed by atoms with Crippen LogP contribution in [0.15, 0.2) is 66.8 Å². The Morgan fingerprint density at radius 3 is 1.73 bits per heavy atom. The Labute approximate surface area is 270 Å². The summed E-state index contributed by atoms with van der Waals surface area (Å²) in [7, 11) is 3.04. The van der Waals surface area contributed by atoms with E-state index in [4.69, 9.17) is 18.9 Å². The topological polar surface area (TPSA) is 71.1 Å². The highest BCUT2D eigenvalue weighted by atomic mass is 16.5. The summed E-state index contributed by atoms with van der Waals surface area (Å²) in [5, 5.41) is 0. The smallest absolute Gasteiger partial charge is 0.341 e. The summed E-state index contributed by atoms with van der Waals surface area (Å²) < 4.78 is 21.3. The van der Waals surface area contributed by atoms with Crippen molar-refractivity contribution in [3.63, 3.8) is 0 Å². The monoisotopic (exact) mass is 616 g/mol. The van der Waals surface area contributed by atoms with Crippen LogP contribution < -0.4 is 9.47 Å². The number of ether oxygens (including phenoxy) is 4. The van der Waals surface area contributed by atoms with E-state index in [0.29, 0.717) is 17.4 Å². The molecule has 2 aliphatic rings. The summed E-state index contributed by atoms with van der Waals surface area (Å²) in [5.74, 6) is 3.51. The van der Waals surface area contributed by atoms with Gasteiger partial charge in [-0.1, -0.05) is 76.8 Å². The molecule has 6 nitrogen and oxygen atoms in total. The number of methoxy groups -OCH3 is 2. The van der Waals surface area contributed by atoms with Crippen molar-refractivity contribution in [2.75, 3.05) is 27.4 Å². The molecule has 0 aromatic heterocycles. The van der Waals surface area contributed by atoms with E-state index in [0.717, 1.165) is 47.3 Å². The highest BCUT2D eigenvalue weighted by Crippen LogP contribution is 2.43. The summed E-state index contributed by atoms with van der Waals surface area (Å²) in [6.45, 7) is 10.1. The minimum absolute atomic E-state index is 0.122. The van der Waals surface area contributed by atoms with Crippen molar-refractivity contribution < 1.29 is 28.5 Å². The summed E-state index contributed by atoms with van der Waals surface area (Å²) in [6.07, 6.45) is 15.6. The van der Waals surface area contributed by atoms with Crippen LogP contribution in [0.1, 0.15) is 83.1 Å². The predicted molar refractivity (Wildman–Crippen MR) is 179 cm³/mol. The van der Waals surface area contributed by atoms with Crippen molar-refractivity contribution in [3.05, 3.63) is 72.3 Å². The number of carbonyl (C=O) groups excluding carboxylic acids is 2. The van der Waals surface area contributed by atoms with Gasteiger partial charge in [0.25, 0.3) is 0 Å². The molecular formula is C39H52O6. The third-order valence-electron chi connectivity index (χ3n) is 9.84.